The fourth-order valence-electron chi connectivity index (χ4n) is 4.07. The van der Waals surface area contributed by atoms with E-state index >= 15 is 0 Å². The number of anilines is 1. The molecule has 0 radical (unpaired) electrons. The number of fused-ring (bicyclic) bond motifs is 2. The fourth-order valence-corrected chi connectivity index (χ4v) is 4.07. The van der Waals surface area contributed by atoms with Crippen molar-refractivity contribution in [2.45, 2.75) is 50.2 Å². The van der Waals surface area contributed by atoms with E-state index < -0.39 is 0 Å². The molecule has 0 saturated carbocycles. The van der Waals surface area contributed by atoms with Gasteiger partial charge >= 0.3 is 6.03 Å². The predicted octanol–water partition coefficient (Wildman–Crippen LogP) is 3.39. The van der Waals surface area contributed by atoms with Gasteiger partial charge in [0.25, 0.3) is 0 Å². The highest BCUT2D eigenvalue weighted by Gasteiger charge is 2.37. The molecule has 5 heteroatoms. The molecular formula is C19H27N3O2. The Labute approximate surface area is 144 Å². The Morgan fingerprint density at radius 3 is 2.54 bits per heavy atom. The van der Waals surface area contributed by atoms with Gasteiger partial charge in [-0.25, -0.2) is 4.79 Å². The molecule has 2 aliphatic heterocycles. The topological polar surface area (TPSA) is 53.6 Å². The molecule has 3 rings (SSSR count). The van der Waals surface area contributed by atoms with Crippen molar-refractivity contribution in [1.29, 1.82) is 0 Å². The van der Waals surface area contributed by atoms with Crippen LogP contribution in [0, 0.1) is 0 Å². The van der Waals surface area contributed by atoms with Crippen molar-refractivity contribution in [2.75, 3.05) is 19.0 Å². The summed E-state index contributed by atoms with van der Waals surface area (Å²) in [5, 5.41) is 6.06. The summed E-state index contributed by atoms with van der Waals surface area (Å²) < 4.78 is 5.13. The average Bonchev–Trinajstić information content (AvgIpc) is 2.56. The first-order valence-corrected chi connectivity index (χ1v) is 8.78. The zero-order valence-electron chi connectivity index (χ0n) is 14.3. The van der Waals surface area contributed by atoms with Gasteiger partial charge < -0.3 is 15.4 Å². The van der Waals surface area contributed by atoms with Crippen LogP contribution in [0.3, 0.4) is 0 Å². The number of methoxy groups -OCH3 is 1. The zero-order chi connectivity index (χ0) is 16.9. The highest BCUT2D eigenvalue weighted by molar-refractivity contribution is 5.89. The second kappa shape index (κ2) is 7.71. The minimum Gasteiger partial charge on any atom is -0.497 e. The highest BCUT2D eigenvalue weighted by atomic mass is 16.5. The number of urea groups is 1. The second-order valence-corrected chi connectivity index (χ2v) is 6.72. The maximum atomic E-state index is 12.3. The molecule has 2 saturated heterocycles. The number of ether oxygens (including phenoxy) is 1. The largest absolute Gasteiger partial charge is 0.497 e. The number of piperidine rings is 2. The number of hydrogen-bond donors (Lipinski definition) is 2. The van der Waals surface area contributed by atoms with E-state index in [2.05, 4.69) is 22.1 Å². The van der Waals surface area contributed by atoms with Gasteiger partial charge in [-0.05, 0) is 49.9 Å². The summed E-state index contributed by atoms with van der Waals surface area (Å²) in [4.78, 5) is 14.8. The Kier molecular flexibility index (Phi) is 5.41. The van der Waals surface area contributed by atoms with Crippen LogP contribution in [0.4, 0.5) is 10.5 Å². The molecule has 130 valence electrons. The van der Waals surface area contributed by atoms with Crippen molar-refractivity contribution in [3.63, 3.8) is 0 Å². The average molecular weight is 329 g/mol. The van der Waals surface area contributed by atoms with Gasteiger partial charge in [-0.1, -0.05) is 12.5 Å². The van der Waals surface area contributed by atoms with Gasteiger partial charge in [-0.15, -0.1) is 6.58 Å². The molecule has 2 N–H and O–H groups in total. The Bertz CT molecular complexity index is 558. The smallest absolute Gasteiger partial charge is 0.319 e. The van der Waals surface area contributed by atoms with Crippen LogP contribution in [0.5, 0.6) is 5.75 Å². The molecule has 2 amide bonds. The lowest BCUT2D eigenvalue weighted by molar-refractivity contribution is 0.0375. The number of nitrogens with one attached hydrogen (secondary N) is 2. The first-order chi connectivity index (χ1) is 11.7. The van der Waals surface area contributed by atoms with Crippen LogP contribution < -0.4 is 15.4 Å². The maximum Gasteiger partial charge on any atom is 0.319 e. The number of rotatable bonds is 5. The van der Waals surface area contributed by atoms with E-state index in [9.17, 15) is 4.79 Å². The SMILES string of the molecule is C=CCN1[C@@H]2CCC[C@@H]1CC(NC(=O)Nc1ccc(OC)cc1)C2. The van der Waals surface area contributed by atoms with E-state index in [0.29, 0.717) is 12.1 Å². The number of benzene rings is 1. The Hall–Kier alpha value is -2.01. The number of hydrogen-bond acceptors (Lipinski definition) is 3. The van der Waals surface area contributed by atoms with Crippen molar-refractivity contribution < 1.29 is 9.53 Å². The van der Waals surface area contributed by atoms with Crippen LogP contribution in [0.1, 0.15) is 32.1 Å². The van der Waals surface area contributed by atoms with E-state index in [0.717, 1.165) is 30.8 Å². The van der Waals surface area contributed by atoms with Gasteiger partial charge in [0.15, 0.2) is 0 Å². The lowest BCUT2D eigenvalue weighted by atomic mass is 9.82. The molecule has 5 nitrogen and oxygen atoms in total. The Morgan fingerprint density at radius 2 is 1.96 bits per heavy atom. The van der Waals surface area contributed by atoms with E-state index in [1.807, 2.05) is 30.3 Å². The molecule has 0 spiro atoms. The molecule has 2 fully saturated rings. The van der Waals surface area contributed by atoms with Crippen LogP contribution in [-0.2, 0) is 0 Å². The highest BCUT2D eigenvalue weighted by Crippen LogP contribution is 2.33. The molecule has 0 aromatic heterocycles. The Balaban J connectivity index is 1.54. The number of carbonyl (C=O) groups is 1. The lowest BCUT2D eigenvalue weighted by Gasteiger charge is -2.48. The normalized spacial score (nSPS) is 26.5. The van der Waals surface area contributed by atoms with E-state index in [-0.39, 0.29) is 12.1 Å². The second-order valence-electron chi connectivity index (χ2n) is 6.72. The number of nitrogens with zero attached hydrogens (tertiary/aromatic N) is 1. The molecule has 24 heavy (non-hydrogen) atoms. The van der Waals surface area contributed by atoms with Gasteiger partial charge in [0.2, 0.25) is 0 Å². The summed E-state index contributed by atoms with van der Waals surface area (Å²) in [5.41, 5.74) is 0.776. The molecule has 2 atom stereocenters. The van der Waals surface area contributed by atoms with Crippen LogP contribution in [-0.4, -0.2) is 42.7 Å². The maximum absolute atomic E-state index is 12.3. The minimum atomic E-state index is -0.125. The third kappa shape index (κ3) is 3.90. The zero-order valence-corrected chi connectivity index (χ0v) is 14.3. The summed E-state index contributed by atoms with van der Waals surface area (Å²) in [6.45, 7) is 4.84. The monoisotopic (exact) mass is 329 g/mol. The molecule has 2 aliphatic rings. The van der Waals surface area contributed by atoms with Crippen LogP contribution in [0.15, 0.2) is 36.9 Å². The van der Waals surface area contributed by atoms with Crippen molar-refractivity contribution >= 4 is 11.7 Å². The van der Waals surface area contributed by atoms with Crippen molar-refractivity contribution in [3.8, 4) is 5.75 Å². The minimum absolute atomic E-state index is 0.125. The fraction of sp³-hybridized carbons (Fsp3) is 0.526. The summed E-state index contributed by atoms with van der Waals surface area (Å²) in [5.74, 6) is 0.781. The molecule has 0 unspecified atom stereocenters. The summed E-state index contributed by atoms with van der Waals surface area (Å²) in [6.07, 6.45) is 7.80. The molecule has 1 aromatic rings. The van der Waals surface area contributed by atoms with Gasteiger partial charge in [-0.3, -0.25) is 4.90 Å². The van der Waals surface area contributed by atoms with Crippen molar-refractivity contribution in [1.82, 2.24) is 10.2 Å². The van der Waals surface area contributed by atoms with Gasteiger partial charge in [0, 0.05) is 30.4 Å². The third-order valence-corrected chi connectivity index (χ3v) is 5.15. The summed E-state index contributed by atoms with van der Waals surface area (Å²) in [7, 11) is 1.63. The Morgan fingerprint density at radius 1 is 1.29 bits per heavy atom. The quantitative estimate of drug-likeness (QED) is 0.814. The summed E-state index contributed by atoms with van der Waals surface area (Å²) >= 11 is 0. The van der Waals surface area contributed by atoms with Gasteiger partial charge in [-0.2, -0.15) is 0 Å². The van der Waals surface area contributed by atoms with E-state index in [4.69, 9.17) is 4.74 Å². The first-order valence-electron chi connectivity index (χ1n) is 8.78. The lowest BCUT2D eigenvalue weighted by Crippen LogP contribution is -2.57. The van der Waals surface area contributed by atoms with Gasteiger partial charge in [0.1, 0.15) is 5.75 Å². The summed E-state index contributed by atoms with van der Waals surface area (Å²) in [6, 6.07) is 8.64. The first kappa shape index (κ1) is 16.8. The van der Waals surface area contributed by atoms with Crippen LogP contribution in [0.25, 0.3) is 0 Å². The van der Waals surface area contributed by atoms with E-state index in [1.165, 1.54) is 19.3 Å². The van der Waals surface area contributed by atoms with Crippen molar-refractivity contribution in [3.05, 3.63) is 36.9 Å². The third-order valence-electron chi connectivity index (χ3n) is 5.15. The molecule has 2 bridgehead atoms. The number of carbonyl (C=O) groups excluding carboxylic acids is 1. The molecular weight excluding hydrogens is 302 g/mol. The molecule has 2 heterocycles. The standard InChI is InChI=1S/C19H27N3O2/c1-3-11-22-16-5-4-6-17(22)13-15(12-16)21-19(23)20-14-7-9-18(24-2)10-8-14/h3,7-10,15-17H,1,4-6,11-13H2,2H3,(H2,20,21,23)/t16-,17-/m1/s1. The van der Waals surface area contributed by atoms with E-state index in [1.54, 1.807) is 7.11 Å². The number of amides is 2. The predicted molar refractivity (Wildman–Crippen MR) is 96.5 cm³/mol. The van der Waals surface area contributed by atoms with Gasteiger partial charge in [0.05, 0.1) is 7.11 Å². The molecule has 1 aromatic carbocycles. The molecule has 0 aliphatic carbocycles. The van der Waals surface area contributed by atoms with Crippen LogP contribution in [0.2, 0.25) is 0 Å². The van der Waals surface area contributed by atoms with Crippen molar-refractivity contribution in [2.24, 2.45) is 0 Å². The van der Waals surface area contributed by atoms with Crippen LogP contribution >= 0.6 is 0 Å².